The molecule has 182 valence electrons. The maximum Gasteiger partial charge on any atom is 0.161 e. The number of aromatic nitrogens is 6. The standard InChI is InChI=1S/C30H21N7S/c1-18(19-6-3-2-4-7-19)32-22-14-21(15-31-16-22)24-10-11-26-28(33-24)29(37-36-26)30-34-25-9-5-8-23(27(25)35-30)20-12-13-38-17-20/h2-17,32H,1H2,(H,34,35)(H,36,37). The number of benzene rings is 2. The summed E-state index contributed by atoms with van der Waals surface area (Å²) in [7, 11) is 0. The lowest BCUT2D eigenvalue weighted by Crippen LogP contribution is -1.98. The highest BCUT2D eigenvalue weighted by atomic mass is 32.1. The van der Waals surface area contributed by atoms with Crippen molar-refractivity contribution in [3.8, 4) is 33.9 Å². The minimum Gasteiger partial charge on any atom is -0.354 e. The number of hydrogen-bond donors (Lipinski definition) is 3. The summed E-state index contributed by atoms with van der Waals surface area (Å²) in [6, 6.07) is 24.2. The molecule has 0 fully saturated rings. The molecule has 0 aliphatic carbocycles. The van der Waals surface area contributed by atoms with Crippen LogP contribution < -0.4 is 5.32 Å². The van der Waals surface area contributed by atoms with Crippen LogP contribution in [0.1, 0.15) is 5.56 Å². The molecule has 0 saturated carbocycles. The zero-order valence-corrected chi connectivity index (χ0v) is 21.0. The molecule has 8 heteroatoms. The second kappa shape index (κ2) is 9.10. The van der Waals surface area contributed by atoms with Gasteiger partial charge in [0.15, 0.2) is 11.5 Å². The van der Waals surface area contributed by atoms with Crippen LogP contribution in [-0.2, 0) is 0 Å². The molecule has 5 heterocycles. The summed E-state index contributed by atoms with van der Waals surface area (Å²) < 4.78 is 0. The van der Waals surface area contributed by atoms with Crippen LogP contribution >= 0.6 is 11.3 Å². The first-order chi connectivity index (χ1) is 18.7. The molecule has 0 atom stereocenters. The minimum atomic E-state index is 0.672. The fraction of sp³-hybridized carbons (Fsp3) is 0. The number of thiophene rings is 1. The van der Waals surface area contributed by atoms with Crippen LogP contribution in [0.5, 0.6) is 0 Å². The number of anilines is 1. The molecular weight excluding hydrogens is 490 g/mol. The zero-order chi connectivity index (χ0) is 25.5. The van der Waals surface area contributed by atoms with Crippen LogP contribution in [0.25, 0.3) is 61.7 Å². The molecule has 0 amide bonds. The molecular formula is C30H21N7S. The van der Waals surface area contributed by atoms with Crippen molar-refractivity contribution < 1.29 is 0 Å². The fourth-order valence-corrected chi connectivity index (χ4v) is 5.21. The summed E-state index contributed by atoms with van der Waals surface area (Å²) in [5.41, 5.74) is 10.7. The predicted octanol–water partition coefficient (Wildman–Crippen LogP) is 7.37. The second-order valence-corrected chi connectivity index (χ2v) is 9.68. The normalized spacial score (nSPS) is 11.3. The molecule has 38 heavy (non-hydrogen) atoms. The van der Waals surface area contributed by atoms with Crippen molar-refractivity contribution >= 4 is 44.8 Å². The van der Waals surface area contributed by atoms with Crippen molar-refractivity contribution in [1.82, 2.24) is 30.1 Å². The van der Waals surface area contributed by atoms with E-state index in [9.17, 15) is 0 Å². The first-order valence-corrected chi connectivity index (χ1v) is 13.0. The van der Waals surface area contributed by atoms with Gasteiger partial charge < -0.3 is 10.3 Å². The van der Waals surface area contributed by atoms with E-state index in [1.54, 1.807) is 23.7 Å². The van der Waals surface area contributed by atoms with Gasteiger partial charge in [-0.25, -0.2) is 9.97 Å². The van der Waals surface area contributed by atoms with Gasteiger partial charge in [0.1, 0.15) is 5.52 Å². The molecule has 0 bridgehead atoms. The molecule has 3 N–H and O–H groups in total. The van der Waals surface area contributed by atoms with Gasteiger partial charge in [0.2, 0.25) is 0 Å². The topological polar surface area (TPSA) is 95.2 Å². The van der Waals surface area contributed by atoms with E-state index in [1.165, 1.54) is 0 Å². The number of fused-ring (bicyclic) bond motifs is 2. The summed E-state index contributed by atoms with van der Waals surface area (Å²) in [4.78, 5) is 17.8. The van der Waals surface area contributed by atoms with Crippen molar-refractivity contribution in [3.05, 3.63) is 108 Å². The van der Waals surface area contributed by atoms with E-state index >= 15 is 0 Å². The van der Waals surface area contributed by atoms with Gasteiger partial charge in [-0.3, -0.25) is 10.1 Å². The lowest BCUT2D eigenvalue weighted by Gasteiger charge is -2.10. The molecule has 2 aromatic carbocycles. The van der Waals surface area contributed by atoms with Crippen LogP contribution in [0, 0.1) is 0 Å². The van der Waals surface area contributed by atoms with Gasteiger partial charge in [-0.15, -0.1) is 0 Å². The number of rotatable bonds is 6. The van der Waals surface area contributed by atoms with Crippen LogP contribution in [0.15, 0.2) is 103 Å². The van der Waals surface area contributed by atoms with Gasteiger partial charge in [-0.1, -0.05) is 49.0 Å². The van der Waals surface area contributed by atoms with Crippen molar-refractivity contribution in [3.63, 3.8) is 0 Å². The van der Waals surface area contributed by atoms with E-state index < -0.39 is 0 Å². The van der Waals surface area contributed by atoms with Crippen molar-refractivity contribution in [1.29, 1.82) is 0 Å². The van der Waals surface area contributed by atoms with Gasteiger partial charge in [0.25, 0.3) is 0 Å². The molecule has 7 aromatic rings. The Balaban J connectivity index is 1.25. The Labute approximate surface area is 222 Å². The fourth-order valence-electron chi connectivity index (χ4n) is 4.55. The van der Waals surface area contributed by atoms with Gasteiger partial charge in [0.05, 0.1) is 34.1 Å². The number of nitrogens with one attached hydrogen (secondary N) is 3. The molecule has 7 nitrogen and oxygen atoms in total. The molecule has 5 aromatic heterocycles. The number of aromatic amines is 2. The minimum absolute atomic E-state index is 0.672. The largest absolute Gasteiger partial charge is 0.354 e. The Morgan fingerprint density at radius 2 is 1.76 bits per heavy atom. The quantitative estimate of drug-likeness (QED) is 0.217. The lowest BCUT2D eigenvalue weighted by molar-refractivity contribution is 1.10. The predicted molar refractivity (Wildman–Crippen MR) is 155 cm³/mol. The number of imidazole rings is 1. The molecule has 0 aliphatic rings. The van der Waals surface area contributed by atoms with E-state index in [2.05, 4.69) is 55.0 Å². The summed E-state index contributed by atoms with van der Waals surface area (Å²) in [6.07, 6.45) is 3.58. The van der Waals surface area contributed by atoms with Crippen LogP contribution in [-0.4, -0.2) is 30.1 Å². The van der Waals surface area contributed by atoms with Crippen molar-refractivity contribution in [2.45, 2.75) is 0 Å². The van der Waals surface area contributed by atoms with Crippen LogP contribution in [0.4, 0.5) is 5.69 Å². The molecule has 0 unspecified atom stereocenters. The molecule has 0 aliphatic heterocycles. The third-order valence-corrected chi connectivity index (χ3v) is 7.11. The second-order valence-electron chi connectivity index (χ2n) is 8.90. The molecule has 0 spiro atoms. The van der Waals surface area contributed by atoms with E-state index in [0.717, 1.165) is 61.4 Å². The monoisotopic (exact) mass is 511 g/mol. The Morgan fingerprint density at radius 3 is 2.63 bits per heavy atom. The van der Waals surface area contributed by atoms with E-state index in [0.29, 0.717) is 11.5 Å². The summed E-state index contributed by atoms with van der Waals surface area (Å²) in [6.45, 7) is 4.17. The van der Waals surface area contributed by atoms with E-state index in [1.807, 2.05) is 60.7 Å². The smallest absolute Gasteiger partial charge is 0.161 e. The van der Waals surface area contributed by atoms with Gasteiger partial charge >= 0.3 is 0 Å². The lowest BCUT2D eigenvalue weighted by atomic mass is 10.1. The first kappa shape index (κ1) is 22.1. The summed E-state index contributed by atoms with van der Waals surface area (Å²) >= 11 is 1.67. The summed E-state index contributed by atoms with van der Waals surface area (Å²) in [5.74, 6) is 0.672. The van der Waals surface area contributed by atoms with Crippen molar-refractivity contribution in [2.24, 2.45) is 0 Å². The summed E-state index contributed by atoms with van der Waals surface area (Å²) in [5, 5.41) is 15.2. The van der Waals surface area contributed by atoms with Gasteiger partial charge in [0, 0.05) is 23.0 Å². The van der Waals surface area contributed by atoms with Crippen LogP contribution in [0.3, 0.4) is 0 Å². The zero-order valence-electron chi connectivity index (χ0n) is 20.1. The van der Waals surface area contributed by atoms with Gasteiger partial charge in [-0.2, -0.15) is 16.4 Å². The Morgan fingerprint density at radius 1 is 0.842 bits per heavy atom. The number of pyridine rings is 2. The highest BCUT2D eigenvalue weighted by molar-refractivity contribution is 7.08. The van der Waals surface area contributed by atoms with Crippen LogP contribution in [0.2, 0.25) is 0 Å². The molecule has 0 radical (unpaired) electrons. The molecule has 0 saturated heterocycles. The average molecular weight is 512 g/mol. The Kier molecular flexibility index (Phi) is 5.30. The van der Waals surface area contributed by atoms with E-state index in [-0.39, 0.29) is 0 Å². The first-order valence-electron chi connectivity index (χ1n) is 12.1. The highest BCUT2D eigenvalue weighted by Crippen LogP contribution is 2.33. The third-order valence-electron chi connectivity index (χ3n) is 6.43. The SMILES string of the molecule is C=C(Nc1cncc(-c2ccc3[nH]nc(-c4nc5c(-c6ccsc6)cccc5[nH]4)c3n2)c1)c1ccccc1. The van der Waals surface area contributed by atoms with Crippen molar-refractivity contribution in [2.75, 3.05) is 5.32 Å². The Bertz CT molecular complexity index is 1920. The van der Waals surface area contributed by atoms with E-state index in [4.69, 9.17) is 9.97 Å². The highest BCUT2D eigenvalue weighted by Gasteiger charge is 2.17. The Hall–Kier alpha value is -5.08. The maximum atomic E-state index is 4.96. The number of para-hydroxylation sites is 1. The van der Waals surface area contributed by atoms with Gasteiger partial charge in [-0.05, 0) is 52.2 Å². The maximum absolute atomic E-state index is 4.96. The number of H-pyrrole nitrogens is 2. The number of hydrogen-bond acceptors (Lipinski definition) is 6. The molecule has 7 rings (SSSR count). The average Bonchev–Trinajstić information content (AvgIpc) is 3.73. The third kappa shape index (κ3) is 3.93. The number of nitrogens with zero attached hydrogens (tertiary/aromatic N) is 4.